The van der Waals surface area contributed by atoms with Crippen LogP contribution in [0.4, 0.5) is 0 Å². The van der Waals surface area contributed by atoms with Crippen molar-refractivity contribution in [1.29, 1.82) is 0 Å². The third-order valence-electron chi connectivity index (χ3n) is 3.98. The van der Waals surface area contributed by atoms with Crippen LogP contribution in [0.1, 0.15) is 46.5 Å². The SMILES string of the molecule is Cc1cnc(C)c(C2=C(c3cc(Cl)sc3C)CCC2)c1. The number of aromatic nitrogens is 1. The summed E-state index contributed by atoms with van der Waals surface area (Å²) in [6, 6.07) is 4.40. The summed E-state index contributed by atoms with van der Waals surface area (Å²) < 4.78 is 0.885. The van der Waals surface area contributed by atoms with Crippen molar-refractivity contribution in [2.75, 3.05) is 0 Å². The van der Waals surface area contributed by atoms with Crippen molar-refractivity contribution in [3.8, 4) is 0 Å². The molecule has 0 saturated carbocycles. The second kappa shape index (κ2) is 5.34. The number of pyridine rings is 1. The summed E-state index contributed by atoms with van der Waals surface area (Å²) in [5, 5.41) is 0. The highest BCUT2D eigenvalue weighted by atomic mass is 35.5. The Morgan fingerprint density at radius 2 is 1.75 bits per heavy atom. The van der Waals surface area contributed by atoms with Crippen LogP contribution >= 0.6 is 22.9 Å². The van der Waals surface area contributed by atoms with E-state index in [9.17, 15) is 0 Å². The van der Waals surface area contributed by atoms with Crippen LogP contribution in [0.5, 0.6) is 0 Å². The molecule has 0 aliphatic heterocycles. The lowest BCUT2D eigenvalue weighted by Gasteiger charge is -2.11. The van der Waals surface area contributed by atoms with E-state index >= 15 is 0 Å². The molecule has 0 saturated heterocycles. The molecule has 2 aromatic rings. The van der Waals surface area contributed by atoms with Gasteiger partial charge in [0.25, 0.3) is 0 Å². The van der Waals surface area contributed by atoms with Gasteiger partial charge in [0.2, 0.25) is 0 Å². The van der Waals surface area contributed by atoms with Gasteiger partial charge in [-0.05, 0) is 80.0 Å². The van der Waals surface area contributed by atoms with E-state index in [1.165, 1.54) is 39.1 Å². The van der Waals surface area contributed by atoms with Crippen LogP contribution in [0.3, 0.4) is 0 Å². The van der Waals surface area contributed by atoms with Gasteiger partial charge in [0.1, 0.15) is 0 Å². The molecule has 104 valence electrons. The van der Waals surface area contributed by atoms with Crippen molar-refractivity contribution >= 4 is 34.1 Å². The highest BCUT2D eigenvalue weighted by molar-refractivity contribution is 7.16. The molecule has 0 aromatic carbocycles. The molecule has 0 radical (unpaired) electrons. The topological polar surface area (TPSA) is 12.9 Å². The van der Waals surface area contributed by atoms with Gasteiger partial charge in [-0.2, -0.15) is 0 Å². The van der Waals surface area contributed by atoms with E-state index in [2.05, 4.69) is 37.9 Å². The summed E-state index contributed by atoms with van der Waals surface area (Å²) in [6.45, 7) is 6.37. The monoisotopic (exact) mass is 303 g/mol. The highest BCUT2D eigenvalue weighted by Gasteiger charge is 2.21. The Morgan fingerprint density at radius 1 is 1.05 bits per heavy atom. The fourth-order valence-electron chi connectivity index (χ4n) is 3.03. The van der Waals surface area contributed by atoms with E-state index in [-0.39, 0.29) is 0 Å². The van der Waals surface area contributed by atoms with Crippen molar-refractivity contribution in [1.82, 2.24) is 4.98 Å². The average Bonchev–Trinajstić information content (AvgIpc) is 2.98. The Kier molecular flexibility index (Phi) is 3.70. The summed E-state index contributed by atoms with van der Waals surface area (Å²) in [5.74, 6) is 0. The summed E-state index contributed by atoms with van der Waals surface area (Å²) in [5.41, 5.74) is 7.96. The van der Waals surface area contributed by atoms with Crippen LogP contribution in [-0.4, -0.2) is 4.98 Å². The minimum absolute atomic E-state index is 0.885. The second-order valence-corrected chi connectivity index (χ2v) is 7.36. The van der Waals surface area contributed by atoms with E-state index in [0.717, 1.165) is 22.9 Å². The maximum absolute atomic E-state index is 6.18. The summed E-state index contributed by atoms with van der Waals surface area (Å²) >= 11 is 7.85. The molecule has 2 aromatic heterocycles. The number of hydrogen-bond donors (Lipinski definition) is 0. The maximum atomic E-state index is 6.18. The fourth-order valence-corrected chi connectivity index (χ4v) is 4.24. The summed E-state index contributed by atoms with van der Waals surface area (Å²) in [6.07, 6.45) is 5.47. The molecule has 1 aliphatic rings. The van der Waals surface area contributed by atoms with Gasteiger partial charge >= 0.3 is 0 Å². The summed E-state index contributed by atoms with van der Waals surface area (Å²) in [4.78, 5) is 5.84. The molecule has 0 amide bonds. The molecular weight excluding hydrogens is 286 g/mol. The Labute approximate surface area is 129 Å². The van der Waals surface area contributed by atoms with Crippen LogP contribution in [0, 0.1) is 20.8 Å². The normalized spacial score (nSPS) is 15.2. The number of hydrogen-bond acceptors (Lipinski definition) is 2. The number of nitrogens with zero attached hydrogens (tertiary/aromatic N) is 1. The van der Waals surface area contributed by atoms with Gasteiger partial charge in [0, 0.05) is 16.8 Å². The first-order valence-electron chi connectivity index (χ1n) is 6.98. The fraction of sp³-hybridized carbons (Fsp3) is 0.353. The van der Waals surface area contributed by atoms with E-state index in [1.807, 2.05) is 6.20 Å². The minimum atomic E-state index is 0.885. The van der Waals surface area contributed by atoms with Gasteiger partial charge in [-0.3, -0.25) is 4.98 Å². The average molecular weight is 304 g/mol. The van der Waals surface area contributed by atoms with Crippen LogP contribution in [-0.2, 0) is 0 Å². The largest absolute Gasteiger partial charge is 0.261 e. The minimum Gasteiger partial charge on any atom is -0.261 e. The first kappa shape index (κ1) is 13.8. The molecule has 1 aliphatic carbocycles. The third-order valence-corrected chi connectivity index (χ3v) is 5.16. The molecule has 20 heavy (non-hydrogen) atoms. The standard InChI is InChI=1S/C17H18ClNS/c1-10-7-15(11(2)19-9-10)13-5-4-6-14(13)16-8-17(18)20-12(16)3/h7-9H,4-6H2,1-3H3. The lowest BCUT2D eigenvalue weighted by atomic mass is 9.96. The van der Waals surface area contributed by atoms with Gasteiger partial charge in [-0.1, -0.05) is 11.6 Å². The lowest BCUT2D eigenvalue weighted by Crippen LogP contribution is -1.94. The molecule has 0 unspecified atom stereocenters. The zero-order valence-corrected chi connectivity index (χ0v) is 13.7. The van der Waals surface area contributed by atoms with Gasteiger partial charge in [-0.15, -0.1) is 11.3 Å². The van der Waals surface area contributed by atoms with Crippen LogP contribution in [0.2, 0.25) is 4.34 Å². The summed E-state index contributed by atoms with van der Waals surface area (Å²) in [7, 11) is 0. The molecule has 0 N–H and O–H groups in total. The van der Waals surface area contributed by atoms with E-state index in [1.54, 1.807) is 11.3 Å². The maximum Gasteiger partial charge on any atom is 0.0937 e. The van der Waals surface area contributed by atoms with Crippen molar-refractivity contribution in [2.24, 2.45) is 0 Å². The Balaban J connectivity index is 2.17. The molecule has 0 bridgehead atoms. The lowest BCUT2D eigenvalue weighted by molar-refractivity contribution is 0.939. The first-order valence-corrected chi connectivity index (χ1v) is 8.17. The van der Waals surface area contributed by atoms with Gasteiger partial charge in [-0.25, -0.2) is 0 Å². The van der Waals surface area contributed by atoms with Gasteiger partial charge in [0.15, 0.2) is 0 Å². The zero-order valence-electron chi connectivity index (χ0n) is 12.1. The van der Waals surface area contributed by atoms with E-state index < -0.39 is 0 Å². The Hall–Kier alpha value is -1.12. The Morgan fingerprint density at radius 3 is 2.40 bits per heavy atom. The molecule has 3 heteroatoms. The molecule has 0 atom stereocenters. The predicted molar refractivity (Wildman–Crippen MR) is 88.4 cm³/mol. The Bertz CT molecular complexity index is 697. The molecule has 3 rings (SSSR count). The van der Waals surface area contributed by atoms with Crippen LogP contribution in [0.15, 0.2) is 18.3 Å². The quantitative estimate of drug-likeness (QED) is 0.681. The number of allylic oxidation sites excluding steroid dienone is 2. The van der Waals surface area contributed by atoms with Crippen LogP contribution in [0.25, 0.3) is 11.1 Å². The molecular formula is C17H18ClNS. The zero-order chi connectivity index (χ0) is 14.3. The molecule has 0 fully saturated rings. The van der Waals surface area contributed by atoms with E-state index in [0.29, 0.717) is 0 Å². The number of aryl methyl sites for hydroxylation is 3. The van der Waals surface area contributed by atoms with Gasteiger partial charge in [0.05, 0.1) is 4.34 Å². The smallest absolute Gasteiger partial charge is 0.0937 e. The second-order valence-electron chi connectivity index (χ2n) is 5.48. The number of thiophene rings is 1. The van der Waals surface area contributed by atoms with E-state index in [4.69, 9.17) is 11.6 Å². The number of halogens is 1. The predicted octanol–water partition coefficient (Wildman–Crippen LogP) is 5.82. The van der Waals surface area contributed by atoms with Gasteiger partial charge < -0.3 is 0 Å². The van der Waals surface area contributed by atoms with Crippen molar-refractivity contribution in [2.45, 2.75) is 40.0 Å². The highest BCUT2D eigenvalue weighted by Crippen LogP contribution is 2.44. The first-order chi connectivity index (χ1) is 9.56. The van der Waals surface area contributed by atoms with Crippen LogP contribution < -0.4 is 0 Å². The van der Waals surface area contributed by atoms with Crippen molar-refractivity contribution in [3.63, 3.8) is 0 Å². The van der Waals surface area contributed by atoms with Crippen molar-refractivity contribution < 1.29 is 0 Å². The van der Waals surface area contributed by atoms with Crippen molar-refractivity contribution in [3.05, 3.63) is 49.9 Å². The molecule has 2 heterocycles. The molecule has 1 nitrogen and oxygen atoms in total. The third kappa shape index (κ3) is 2.43. The number of rotatable bonds is 2. The molecule has 0 spiro atoms.